The van der Waals surface area contributed by atoms with Gasteiger partial charge in [-0.15, -0.1) is 0 Å². The highest BCUT2D eigenvalue weighted by atomic mass is 16.2. The average molecular weight is 328 g/mol. The molecule has 2 rings (SSSR count). The van der Waals surface area contributed by atoms with E-state index >= 15 is 0 Å². The Bertz CT molecular complexity index is 769. The van der Waals surface area contributed by atoms with E-state index in [1.165, 1.54) is 22.9 Å². The summed E-state index contributed by atoms with van der Waals surface area (Å²) in [5, 5.41) is 5.46. The largest absolute Gasteiger partial charge is 0.350 e. The van der Waals surface area contributed by atoms with E-state index in [1.807, 2.05) is 19.9 Å². The molecule has 7 heteroatoms. The number of aromatic nitrogens is 2. The minimum atomic E-state index is -0.340. The Morgan fingerprint density at radius 1 is 1.25 bits per heavy atom. The van der Waals surface area contributed by atoms with E-state index in [0.29, 0.717) is 12.1 Å². The molecule has 126 valence electrons. The first kappa shape index (κ1) is 17.4. The van der Waals surface area contributed by atoms with Crippen LogP contribution in [0.25, 0.3) is 0 Å². The van der Waals surface area contributed by atoms with Crippen molar-refractivity contribution in [2.24, 2.45) is 0 Å². The van der Waals surface area contributed by atoms with Crippen LogP contribution in [0, 0.1) is 0 Å². The van der Waals surface area contributed by atoms with Gasteiger partial charge in [0, 0.05) is 37.2 Å². The molecule has 24 heavy (non-hydrogen) atoms. The molecule has 0 atom stereocenters. The molecule has 0 radical (unpaired) electrons. The lowest BCUT2D eigenvalue weighted by atomic mass is 10.2. The standard InChI is InChI=1S/C17H20N4O3/c1-12(2)20-17(24)14-5-6-16(23)21(10-14)11-15(22)19-9-13-4-3-7-18-8-13/h3-8,10,12H,9,11H2,1-2H3,(H,19,22)(H,20,24). The minimum absolute atomic E-state index is 0.0133. The fraction of sp³-hybridized carbons (Fsp3) is 0.294. The Labute approximate surface area is 139 Å². The molecule has 0 saturated heterocycles. The molecule has 2 N–H and O–H groups in total. The van der Waals surface area contributed by atoms with Crippen molar-refractivity contribution in [1.29, 1.82) is 0 Å². The predicted octanol–water partition coefficient (Wildman–Crippen LogP) is 0.698. The predicted molar refractivity (Wildman–Crippen MR) is 89.4 cm³/mol. The van der Waals surface area contributed by atoms with Crippen LogP contribution in [0.3, 0.4) is 0 Å². The summed E-state index contributed by atoms with van der Waals surface area (Å²) in [5.74, 6) is -0.600. The Balaban J connectivity index is 2.01. The molecule has 0 aliphatic rings. The summed E-state index contributed by atoms with van der Waals surface area (Å²) < 4.78 is 1.22. The van der Waals surface area contributed by atoms with Gasteiger partial charge in [0.2, 0.25) is 5.91 Å². The second kappa shape index (κ2) is 8.05. The van der Waals surface area contributed by atoms with Crippen LogP contribution in [-0.2, 0) is 17.9 Å². The first-order valence-corrected chi connectivity index (χ1v) is 7.62. The van der Waals surface area contributed by atoms with Crippen molar-refractivity contribution in [3.63, 3.8) is 0 Å². The van der Waals surface area contributed by atoms with Crippen molar-refractivity contribution in [1.82, 2.24) is 20.2 Å². The van der Waals surface area contributed by atoms with Gasteiger partial charge in [-0.2, -0.15) is 0 Å². The summed E-state index contributed by atoms with van der Waals surface area (Å²) in [5.41, 5.74) is 0.860. The van der Waals surface area contributed by atoms with Crippen molar-refractivity contribution in [2.75, 3.05) is 0 Å². The van der Waals surface area contributed by atoms with Crippen molar-refractivity contribution < 1.29 is 9.59 Å². The summed E-state index contributed by atoms with van der Waals surface area (Å²) in [6.45, 7) is 3.87. The Morgan fingerprint density at radius 3 is 2.71 bits per heavy atom. The third-order valence-corrected chi connectivity index (χ3v) is 3.19. The number of hydrogen-bond donors (Lipinski definition) is 2. The lowest BCUT2D eigenvalue weighted by Crippen LogP contribution is -2.34. The molecular weight excluding hydrogens is 308 g/mol. The number of carbonyl (C=O) groups is 2. The van der Waals surface area contributed by atoms with Gasteiger partial charge < -0.3 is 15.2 Å². The monoisotopic (exact) mass is 328 g/mol. The van der Waals surface area contributed by atoms with Gasteiger partial charge in [0.15, 0.2) is 0 Å². The van der Waals surface area contributed by atoms with E-state index in [4.69, 9.17) is 0 Å². The summed E-state index contributed by atoms with van der Waals surface area (Å²) in [6.07, 6.45) is 4.70. The van der Waals surface area contributed by atoms with Crippen LogP contribution in [0.1, 0.15) is 29.8 Å². The number of carbonyl (C=O) groups excluding carboxylic acids is 2. The highest BCUT2D eigenvalue weighted by Crippen LogP contribution is 1.98. The molecule has 2 aromatic heterocycles. The number of nitrogens with one attached hydrogen (secondary N) is 2. The molecule has 0 saturated carbocycles. The minimum Gasteiger partial charge on any atom is -0.350 e. The summed E-state index contributed by atoms with van der Waals surface area (Å²) in [6, 6.07) is 6.34. The van der Waals surface area contributed by atoms with Crippen LogP contribution >= 0.6 is 0 Å². The van der Waals surface area contributed by atoms with Crippen molar-refractivity contribution in [2.45, 2.75) is 33.0 Å². The maximum Gasteiger partial charge on any atom is 0.252 e. The van der Waals surface area contributed by atoms with Crippen LogP contribution in [0.15, 0.2) is 47.7 Å². The highest BCUT2D eigenvalue weighted by molar-refractivity contribution is 5.94. The van der Waals surface area contributed by atoms with E-state index in [0.717, 1.165) is 5.56 Å². The first-order valence-electron chi connectivity index (χ1n) is 7.62. The molecule has 0 aliphatic heterocycles. The number of hydrogen-bond acceptors (Lipinski definition) is 4. The second-order valence-corrected chi connectivity index (χ2v) is 5.65. The summed E-state index contributed by atoms with van der Waals surface area (Å²) in [7, 11) is 0. The Hall–Kier alpha value is -2.96. The second-order valence-electron chi connectivity index (χ2n) is 5.65. The fourth-order valence-corrected chi connectivity index (χ4v) is 2.05. The van der Waals surface area contributed by atoms with Gasteiger partial charge in [0.05, 0.1) is 5.56 Å². The number of pyridine rings is 2. The first-order chi connectivity index (χ1) is 11.5. The lowest BCUT2D eigenvalue weighted by molar-refractivity contribution is -0.121. The van der Waals surface area contributed by atoms with Gasteiger partial charge >= 0.3 is 0 Å². The van der Waals surface area contributed by atoms with E-state index in [-0.39, 0.29) is 30.0 Å². The van der Waals surface area contributed by atoms with Gasteiger partial charge in [-0.05, 0) is 31.5 Å². The smallest absolute Gasteiger partial charge is 0.252 e. The molecule has 0 spiro atoms. The molecule has 0 fully saturated rings. The zero-order chi connectivity index (χ0) is 17.5. The van der Waals surface area contributed by atoms with E-state index in [9.17, 15) is 14.4 Å². The molecule has 2 heterocycles. The third-order valence-electron chi connectivity index (χ3n) is 3.19. The zero-order valence-electron chi connectivity index (χ0n) is 13.7. The maximum atomic E-state index is 12.0. The van der Waals surface area contributed by atoms with Crippen LogP contribution in [-0.4, -0.2) is 27.4 Å². The quantitative estimate of drug-likeness (QED) is 0.816. The molecule has 2 aromatic rings. The van der Waals surface area contributed by atoms with Crippen molar-refractivity contribution in [3.8, 4) is 0 Å². The average Bonchev–Trinajstić information content (AvgIpc) is 2.55. The summed E-state index contributed by atoms with van der Waals surface area (Å²) >= 11 is 0. The van der Waals surface area contributed by atoms with Gasteiger partial charge in [-0.3, -0.25) is 19.4 Å². The van der Waals surface area contributed by atoms with Crippen LogP contribution in [0.4, 0.5) is 0 Å². The molecular formula is C17H20N4O3. The SMILES string of the molecule is CC(C)NC(=O)c1ccc(=O)n(CC(=O)NCc2cccnc2)c1. The molecule has 0 aromatic carbocycles. The van der Waals surface area contributed by atoms with Gasteiger partial charge in [-0.25, -0.2) is 0 Å². The Morgan fingerprint density at radius 2 is 2.04 bits per heavy atom. The van der Waals surface area contributed by atoms with Crippen LogP contribution in [0.5, 0.6) is 0 Å². The van der Waals surface area contributed by atoms with Gasteiger partial charge in [-0.1, -0.05) is 6.07 Å². The van der Waals surface area contributed by atoms with Crippen LogP contribution < -0.4 is 16.2 Å². The summed E-state index contributed by atoms with van der Waals surface area (Å²) in [4.78, 5) is 39.8. The van der Waals surface area contributed by atoms with Crippen LogP contribution in [0.2, 0.25) is 0 Å². The van der Waals surface area contributed by atoms with E-state index in [1.54, 1.807) is 18.5 Å². The van der Waals surface area contributed by atoms with Crippen molar-refractivity contribution in [3.05, 3.63) is 64.3 Å². The highest BCUT2D eigenvalue weighted by Gasteiger charge is 2.10. The van der Waals surface area contributed by atoms with Crippen molar-refractivity contribution >= 4 is 11.8 Å². The Kier molecular flexibility index (Phi) is 5.83. The molecule has 0 bridgehead atoms. The van der Waals surface area contributed by atoms with Gasteiger partial charge in [0.25, 0.3) is 11.5 Å². The number of nitrogens with zero attached hydrogens (tertiary/aromatic N) is 2. The maximum absolute atomic E-state index is 12.0. The third kappa shape index (κ3) is 5.05. The lowest BCUT2D eigenvalue weighted by Gasteiger charge is -2.11. The zero-order valence-corrected chi connectivity index (χ0v) is 13.7. The van der Waals surface area contributed by atoms with Gasteiger partial charge in [0.1, 0.15) is 6.54 Å². The molecule has 0 aliphatic carbocycles. The topological polar surface area (TPSA) is 93.1 Å². The molecule has 7 nitrogen and oxygen atoms in total. The normalized spacial score (nSPS) is 10.5. The fourth-order valence-electron chi connectivity index (χ4n) is 2.05. The van der Waals surface area contributed by atoms with E-state index < -0.39 is 0 Å². The molecule has 2 amide bonds. The van der Waals surface area contributed by atoms with E-state index in [2.05, 4.69) is 15.6 Å². The number of rotatable bonds is 6. The number of amides is 2. The molecule has 0 unspecified atom stereocenters.